The van der Waals surface area contributed by atoms with Gasteiger partial charge in [-0.05, 0) is 43.9 Å². The van der Waals surface area contributed by atoms with Crippen molar-refractivity contribution in [3.05, 3.63) is 52.4 Å². The van der Waals surface area contributed by atoms with Gasteiger partial charge in [0.05, 0.1) is 0 Å². The van der Waals surface area contributed by atoms with E-state index in [4.69, 9.17) is 16.6 Å². The number of nitrogens with zero attached hydrogens (tertiary/aromatic N) is 3. The molecule has 0 spiro atoms. The van der Waals surface area contributed by atoms with E-state index in [-0.39, 0.29) is 23.9 Å². The molecule has 1 aromatic carbocycles. The van der Waals surface area contributed by atoms with E-state index >= 15 is 0 Å². The SMILES string of the molecule is CCC(C(=O)NC1CCCCC1)N(Cc1ccc(Cl)cc1)c1cc(C)nc(C(C)C)n1. The Balaban J connectivity index is 1.93. The van der Waals surface area contributed by atoms with Gasteiger partial charge in [-0.1, -0.05) is 63.8 Å². The Morgan fingerprint density at radius 1 is 1.16 bits per heavy atom. The van der Waals surface area contributed by atoms with Gasteiger partial charge in [-0.3, -0.25) is 4.79 Å². The molecule has 1 amide bonds. The Labute approximate surface area is 191 Å². The van der Waals surface area contributed by atoms with Crippen molar-refractivity contribution in [3.63, 3.8) is 0 Å². The van der Waals surface area contributed by atoms with Crippen LogP contribution in [0.4, 0.5) is 5.82 Å². The van der Waals surface area contributed by atoms with E-state index in [1.54, 1.807) is 0 Å². The average Bonchev–Trinajstić information content (AvgIpc) is 2.75. The number of halogens is 1. The van der Waals surface area contributed by atoms with E-state index in [1.165, 1.54) is 19.3 Å². The summed E-state index contributed by atoms with van der Waals surface area (Å²) in [5.41, 5.74) is 2.01. The highest BCUT2D eigenvalue weighted by Gasteiger charge is 2.28. The van der Waals surface area contributed by atoms with Crippen molar-refractivity contribution < 1.29 is 4.79 Å². The van der Waals surface area contributed by atoms with Gasteiger partial charge in [0.15, 0.2) is 0 Å². The molecule has 1 saturated carbocycles. The third-order valence-electron chi connectivity index (χ3n) is 5.95. The van der Waals surface area contributed by atoms with Gasteiger partial charge in [-0.2, -0.15) is 0 Å². The maximum absolute atomic E-state index is 13.4. The second-order valence-corrected chi connectivity index (χ2v) is 9.34. The van der Waals surface area contributed by atoms with Gasteiger partial charge in [0.2, 0.25) is 5.91 Å². The van der Waals surface area contributed by atoms with Crippen LogP contribution < -0.4 is 10.2 Å². The van der Waals surface area contributed by atoms with Crippen LogP contribution in [0.15, 0.2) is 30.3 Å². The third-order valence-corrected chi connectivity index (χ3v) is 6.20. The third kappa shape index (κ3) is 6.42. The van der Waals surface area contributed by atoms with Gasteiger partial charge in [0.25, 0.3) is 0 Å². The molecule has 168 valence electrons. The summed E-state index contributed by atoms with van der Waals surface area (Å²) >= 11 is 6.09. The molecule has 5 nitrogen and oxygen atoms in total. The molecule has 0 aliphatic heterocycles. The van der Waals surface area contributed by atoms with Crippen LogP contribution >= 0.6 is 11.6 Å². The number of aromatic nitrogens is 2. The number of anilines is 1. The molecular formula is C25H35ClN4O. The lowest BCUT2D eigenvalue weighted by atomic mass is 9.95. The Morgan fingerprint density at radius 2 is 1.84 bits per heavy atom. The molecule has 31 heavy (non-hydrogen) atoms. The van der Waals surface area contributed by atoms with Gasteiger partial charge in [-0.15, -0.1) is 0 Å². The molecule has 0 bridgehead atoms. The molecule has 1 atom stereocenters. The number of nitrogens with one attached hydrogen (secondary N) is 1. The Kier molecular flexibility index (Phi) is 8.30. The first-order valence-electron chi connectivity index (χ1n) is 11.5. The van der Waals surface area contributed by atoms with E-state index in [1.807, 2.05) is 37.3 Å². The van der Waals surface area contributed by atoms with Gasteiger partial charge in [0.1, 0.15) is 17.7 Å². The smallest absolute Gasteiger partial charge is 0.242 e. The van der Waals surface area contributed by atoms with Crippen LogP contribution in [0.2, 0.25) is 5.02 Å². The molecule has 1 aromatic heterocycles. The van der Waals surface area contributed by atoms with Crippen molar-refractivity contribution >= 4 is 23.3 Å². The molecule has 2 aromatic rings. The molecule has 1 fully saturated rings. The van der Waals surface area contributed by atoms with Crippen LogP contribution in [-0.4, -0.2) is 28.0 Å². The predicted molar refractivity (Wildman–Crippen MR) is 128 cm³/mol. The van der Waals surface area contributed by atoms with Gasteiger partial charge >= 0.3 is 0 Å². The van der Waals surface area contributed by atoms with Crippen LogP contribution in [0.1, 0.15) is 82.3 Å². The van der Waals surface area contributed by atoms with Crippen molar-refractivity contribution in [1.29, 1.82) is 0 Å². The van der Waals surface area contributed by atoms with Gasteiger partial charge in [-0.25, -0.2) is 9.97 Å². The lowest BCUT2D eigenvalue weighted by Gasteiger charge is -2.34. The first kappa shape index (κ1) is 23.5. The summed E-state index contributed by atoms with van der Waals surface area (Å²) in [7, 11) is 0. The molecule has 1 N–H and O–H groups in total. The molecule has 1 aliphatic carbocycles. The monoisotopic (exact) mass is 442 g/mol. The zero-order valence-corrected chi connectivity index (χ0v) is 20.0. The number of rotatable bonds is 8. The maximum Gasteiger partial charge on any atom is 0.242 e. The van der Waals surface area contributed by atoms with Crippen LogP contribution in [0.3, 0.4) is 0 Å². The summed E-state index contributed by atoms with van der Waals surface area (Å²) in [6, 6.07) is 9.78. The highest BCUT2D eigenvalue weighted by molar-refractivity contribution is 6.30. The Hall–Kier alpha value is -2.14. The van der Waals surface area contributed by atoms with Crippen LogP contribution in [0, 0.1) is 6.92 Å². The minimum Gasteiger partial charge on any atom is -0.352 e. The number of carbonyl (C=O) groups excluding carboxylic acids is 1. The van der Waals surface area contributed by atoms with E-state index in [9.17, 15) is 4.79 Å². The molecule has 3 rings (SSSR count). The van der Waals surface area contributed by atoms with E-state index in [0.717, 1.165) is 35.7 Å². The fraction of sp³-hybridized carbons (Fsp3) is 0.560. The fourth-order valence-electron chi connectivity index (χ4n) is 4.21. The Morgan fingerprint density at radius 3 is 2.45 bits per heavy atom. The lowest BCUT2D eigenvalue weighted by Crippen LogP contribution is -2.50. The van der Waals surface area contributed by atoms with Crippen molar-refractivity contribution in [2.24, 2.45) is 0 Å². The van der Waals surface area contributed by atoms with E-state index in [0.29, 0.717) is 18.0 Å². The van der Waals surface area contributed by atoms with Gasteiger partial charge in [0, 0.05) is 35.3 Å². The molecule has 1 heterocycles. The molecule has 0 radical (unpaired) electrons. The fourth-order valence-corrected chi connectivity index (χ4v) is 4.33. The minimum absolute atomic E-state index is 0.0886. The number of hydrogen-bond acceptors (Lipinski definition) is 4. The molecule has 0 saturated heterocycles. The summed E-state index contributed by atoms with van der Waals surface area (Å²) < 4.78 is 0. The van der Waals surface area contributed by atoms with Crippen molar-refractivity contribution in [2.75, 3.05) is 4.90 Å². The normalized spacial score (nSPS) is 15.7. The second kappa shape index (κ2) is 10.9. The van der Waals surface area contributed by atoms with E-state index < -0.39 is 0 Å². The summed E-state index contributed by atoms with van der Waals surface area (Å²) in [5.74, 6) is 1.91. The topological polar surface area (TPSA) is 58.1 Å². The molecule has 1 unspecified atom stereocenters. The average molecular weight is 443 g/mol. The molecule has 6 heteroatoms. The number of carbonyl (C=O) groups is 1. The second-order valence-electron chi connectivity index (χ2n) is 8.90. The van der Waals surface area contributed by atoms with Crippen LogP contribution in [-0.2, 0) is 11.3 Å². The molecular weight excluding hydrogens is 408 g/mol. The van der Waals surface area contributed by atoms with Gasteiger partial charge < -0.3 is 10.2 Å². The minimum atomic E-state index is -0.299. The quantitative estimate of drug-likeness (QED) is 0.561. The zero-order chi connectivity index (χ0) is 22.4. The highest BCUT2D eigenvalue weighted by Crippen LogP contribution is 2.25. The largest absolute Gasteiger partial charge is 0.352 e. The van der Waals surface area contributed by atoms with Crippen LogP contribution in [0.5, 0.6) is 0 Å². The number of amides is 1. The summed E-state index contributed by atoms with van der Waals surface area (Å²) in [4.78, 5) is 25.0. The Bertz CT molecular complexity index is 862. The van der Waals surface area contributed by atoms with Crippen molar-refractivity contribution in [2.45, 2.75) is 90.8 Å². The first-order chi connectivity index (χ1) is 14.9. The van der Waals surface area contributed by atoms with Crippen molar-refractivity contribution in [3.8, 4) is 0 Å². The van der Waals surface area contributed by atoms with E-state index in [2.05, 4.69) is 36.0 Å². The summed E-state index contributed by atoms with van der Waals surface area (Å²) in [5, 5.41) is 4.03. The van der Waals surface area contributed by atoms with Crippen molar-refractivity contribution in [1.82, 2.24) is 15.3 Å². The summed E-state index contributed by atoms with van der Waals surface area (Å²) in [6.07, 6.45) is 6.50. The maximum atomic E-state index is 13.4. The first-order valence-corrected chi connectivity index (χ1v) is 11.9. The number of aryl methyl sites for hydroxylation is 1. The molecule has 1 aliphatic rings. The summed E-state index contributed by atoms with van der Waals surface area (Å²) in [6.45, 7) is 8.82. The number of benzene rings is 1. The standard InChI is InChI=1S/C25H35ClN4O/c1-5-22(25(31)28-21-9-7-6-8-10-21)30(16-19-11-13-20(26)14-12-19)23-15-18(4)27-24(29-23)17(2)3/h11-15,17,21-22H,5-10,16H2,1-4H3,(H,28,31). The zero-order valence-electron chi connectivity index (χ0n) is 19.2. The predicted octanol–water partition coefficient (Wildman–Crippen LogP) is 5.80. The lowest BCUT2D eigenvalue weighted by molar-refractivity contribution is -0.123. The highest BCUT2D eigenvalue weighted by atomic mass is 35.5. The number of hydrogen-bond donors (Lipinski definition) is 1. The van der Waals surface area contributed by atoms with Crippen LogP contribution in [0.25, 0.3) is 0 Å².